The Kier molecular flexibility index (Phi) is 3.74. The Morgan fingerprint density at radius 2 is 1.89 bits per heavy atom. The van der Waals surface area contributed by atoms with Crippen molar-refractivity contribution in [1.29, 1.82) is 0 Å². The van der Waals surface area contributed by atoms with Crippen molar-refractivity contribution in [2.75, 3.05) is 18.4 Å². The van der Waals surface area contributed by atoms with E-state index in [1.807, 2.05) is 0 Å². The van der Waals surface area contributed by atoms with Crippen molar-refractivity contribution in [1.82, 2.24) is 15.3 Å². The Morgan fingerprint density at radius 1 is 1.06 bits per heavy atom. The summed E-state index contributed by atoms with van der Waals surface area (Å²) in [6, 6.07) is 0.577. The first kappa shape index (κ1) is 11.9. The summed E-state index contributed by atoms with van der Waals surface area (Å²) in [7, 11) is 0. The number of hydrogen-bond donors (Lipinski definition) is 2. The molecule has 0 aromatic carbocycles. The molecule has 0 atom stereocenters. The van der Waals surface area contributed by atoms with E-state index in [0.717, 1.165) is 31.7 Å². The number of rotatable bonds is 2. The first-order chi connectivity index (χ1) is 8.93. The highest BCUT2D eigenvalue weighted by atomic mass is 15.1. The van der Waals surface area contributed by atoms with Gasteiger partial charge in [-0.1, -0.05) is 6.42 Å². The van der Waals surface area contributed by atoms with Crippen LogP contribution in [0.1, 0.15) is 43.4 Å². The number of fused-ring (bicyclic) bond motifs is 1. The summed E-state index contributed by atoms with van der Waals surface area (Å²) in [6.45, 7) is 2.23. The lowest BCUT2D eigenvalue weighted by molar-refractivity contribution is 0.477. The maximum atomic E-state index is 4.49. The van der Waals surface area contributed by atoms with E-state index in [9.17, 15) is 0 Å². The Balaban J connectivity index is 1.78. The van der Waals surface area contributed by atoms with Gasteiger partial charge in [-0.05, 0) is 51.6 Å². The molecule has 0 radical (unpaired) electrons. The smallest absolute Gasteiger partial charge is 0.133 e. The van der Waals surface area contributed by atoms with Crippen LogP contribution in [0.2, 0.25) is 0 Å². The Hall–Kier alpha value is -1.16. The molecule has 18 heavy (non-hydrogen) atoms. The van der Waals surface area contributed by atoms with Crippen LogP contribution in [0.4, 0.5) is 5.82 Å². The Morgan fingerprint density at radius 3 is 2.78 bits per heavy atom. The summed E-state index contributed by atoms with van der Waals surface area (Å²) in [5, 5.41) is 7.05. The van der Waals surface area contributed by atoms with E-state index in [4.69, 9.17) is 0 Å². The number of piperidine rings is 1. The number of nitrogens with zero attached hydrogens (tertiary/aromatic N) is 2. The zero-order chi connectivity index (χ0) is 12.2. The average Bonchev–Trinajstić information content (AvgIpc) is 2.66. The van der Waals surface area contributed by atoms with Gasteiger partial charge in [0.2, 0.25) is 0 Å². The van der Waals surface area contributed by atoms with Gasteiger partial charge in [-0.2, -0.15) is 0 Å². The molecule has 0 saturated carbocycles. The van der Waals surface area contributed by atoms with Crippen LogP contribution in [-0.2, 0) is 12.8 Å². The summed E-state index contributed by atoms with van der Waals surface area (Å²) < 4.78 is 0. The van der Waals surface area contributed by atoms with Crippen molar-refractivity contribution in [2.45, 2.75) is 51.0 Å². The fourth-order valence-corrected chi connectivity index (χ4v) is 2.98. The Bertz CT molecular complexity index is 399. The number of aromatic nitrogens is 2. The van der Waals surface area contributed by atoms with Gasteiger partial charge >= 0.3 is 0 Å². The molecule has 1 aromatic rings. The van der Waals surface area contributed by atoms with Crippen LogP contribution in [0.15, 0.2) is 6.33 Å². The third-order valence-corrected chi connectivity index (χ3v) is 4.05. The zero-order valence-corrected chi connectivity index (χ0v) is 10.9. The number of anilines is 1. The molecule has 1 aliphatic heterocycles. The first-order valence-electron chi connectivity index (χ1n) is 7.23. The maximum absolute atomic E-state index is 4.49. The van der Waals surface area contributed by atoms with Crippen LogP contribution in [0.3, 0.4) is 0 Å². The van der Waals surface area contributed by atoms with E-state index >= 15 is 0 Å². The standard InChI is InChI=1S/C14H22N4/c1-2-4-12-13(5-3-1)16-10-17-14(12)18-11-6-8-15-9-7-11/h10-11,15H,1-9H2,(H,16,17,18). The summed E-state index contributed by atoms with van der Waals surface area (Å²) in [4.78, 5) is 8.95. The van der Waals surface area contributed by atoms with Gasteiger partial charge in [0, 0.05) is 17.3 Å². The van der Waals surface area contributed by atoms with Crippen LogP contribution in [0, 0.1) is 0 Å². The first-order valence-corrected chi connectivity index (χ1v) is 7.23. The second kappa shape index (κ2) is 5.65. The lowest BCUT2D eigenvalue weighted by Gasteiger charge is -2.25. The van der Waals surface area contributed by atoms with E-state index in [1.165, 1.54) is 43.4 Å². The van der Waals surface area contributed by atoms with E-state index in [0.29, 0.717) is 6.04 Å². The monoisotopic (exact) mass is 246 g/mol. The molecule has 3 rings (SSSR count). The minimum absolute atomic E-state index is 0.577. The molecule has 4 heteroatoms. The van der Waals surface area contributed by atoms with E-state index in [-0.39, 0.29) is 0 Å². The Labute approximate surface area is 109 Å². The zero-order valence-electron chi connectivity index (χ0n) is 10.9. The molecular weight excluding hydrogens is 224 g/mol. The highest BCUT2D eigenvalue weighted by Crippen LogP contribution is 2.25. The third kappa shape index (κ3) is 2.64. The normalized spacial score (nSPS) is 21.1. The SMILES string of the molecule is c1nc2c(c(NC3CCNCC3)n1)CCCCC2. The van der Waals surface area contributed by atoms with Crippen LogP contribution < -0.4 is 10.6 Å². The molecule has 2 aliphatic rings. The van der Waals surface area contributed by atoms with Gasteiger partial charge in [0.15, 0.2) is 0 Å². The number of aryl methyl sites for hydroxylation is 1. The molecule has 98 valence electrons. The number of hydrogen-bond acceptors (Lipinski definition) is 4. The van der Waals surface area contributed by atoms with Gasteiger partial charge in [-0.25, -0.2) is 9.97 Å². The van der Waals surface area contributed by atoms with Crippen molar-refractivity contribution in [2.24, 2.45) is 0 Å². The fourth-order valence-electron chi connectivity index (χ4n) is 2.98. The second-order valence-corrected chi connectivity index (χ2v) is 5.38. The average molecular weight is 246 g/mol. The molecule has 2 heterocycles. The topological polar surface area (TPSA) is 49.8 Å². The van der Waals surface area contributed by atoms with Gasteiger partial charge in [0.05, 0.1) is 0 Å². The molecule has 1 aromatic heterocycles. The maximum Gasteiger partial charge on any atom is 0.133 e. The molecular formula is C14H22N4. The molecule has 0 bridgehead atoms. The van der Waals surface area contributed by atoms with E-state index < -0.39 is 0 Å². The molecule has 0 unspecified atom stereocenters. The molecule has 4 nitrogen and oxygen atoms in total. The van der Waals surface area contributed by atoms with Gasteiger partial charge in [-0.3, -0.25) is 0 Å². The van der Waals surface area contributed by atoms with Crippen LogP contribution >= 0.6 is 0 Å². The summed E-state index contributed by atoms with van der Waals surface area (Å²) in [5.74, 6) is 1.11. The van der Waals surface area contributed by atoms with Crippen molar-refractivity contribution in [3.8, 4) is 0 Å². The molecule has 1 aliphatic carbocycles. The van der Waals surface area contributed by atoms with Gasteiger partial charge in [0.1, 0.15) is 12.1 Å². The molecule has 1 saturated heterocycles. The summed E-state index contributed by atoms with van der Waals surface area (Å²) >= 11 is 0. The third-order valence-electron chi connectivity index (χ3n) is 4.05. The van der Waals surface area contributed by atoms with Crippen LogP contribution in [0.5, 0.6) is 0 Å². The van der Waals surface area contributed by atoms with E-state index in [2.05, 4.69) is 20.6 Å². The van der Waals surface area contributed by atoms with Crippen molar-refractivity contribution in [3.05, 3.63) is 17.6 Å². The lowest BCUT2D eigenvalue weighted by Crippen LogP contribution is -2.35. The highest BCUT2D eigenvalue weighted by molar-refractivity contribution is 5.47. The highest BCUT2D eigenvalue weighted by Gasteiger charge is 2.18. The number of nitrogens with one attached hydrogen (secondary N) is 2. The summed E-state index contributed by atoms with van der Waals surface area (Å²) in [6.07, 6.45) is 10.3. The minimum Gasteiger partial charge on any atom is -0.367 e. The lowest BCUT2D eigenvalue weighted by atomic mass is 10.1. The van der Waals surface area contributed by atoms with E-state index in [1.54, 1.807) is 6.33 Å². The van der Waals surface area contributed by atoms with Crippen molar-refractivity contribution in [3.63, 3.8) is 0 Å². The molecule has 1 fully saturated rings. The molecule has 0 spiro atoms. The second-order valence-electron chi connectivity index (χ2n) is 5.38. The van der Waals surface area contributed by atoms with Crippen LogP contribution in [0.25, 0.3) is 0 Å². The predicted molar refractivity (Wildman–Crippen MR) is 72.8 cm³/mol. The largest absolute Gasteiger partial charge is 0.367 e. The molecule has 0 amide bonds. The van der Waals surface area contributed by atoms with Gasteiger partial charge < -0.3 is 10.6 Å². The van der Waals surface area contributed by atoms with Gasteiger partial charge in [0.25, 0.3) is 0 Å². The van der Waals surface area contributed by atoms with Crippen molar-refractivity contribution >= 4 is 5.82 Å². The fraction of sp³-hybridized carbons (Fsp3) is 0.714. The predicted octanol–water partition coefficient (Wildman–Crippen LogP) is 1.91. The van der Waals surface area contributed by atoms with Gasteiger partial charge in [-0.15, -0.1) is 0 Å². The minimum atomic E-state index is 0.577. The van der Waals surface area contributed by atoms with Crippen molar-refractivity contribution < 1.29 is 0 Å². The summed E-state index contributed by atoms with van der Waals surface area (Å²) in [5.41, 5.74) is 2.66. The van der Waals surface area contributed by atoms with Crippen LogP contribution in [-0.4, -0.2) is 29.1 Å². The molecule has 2 N–H and O–H groups in total. The quantitative estimate of drug-likeness (QED) is 0.783.